The van der Waals surface area contributed by atoms with E-state index in [0.717, 1.165) is 9.13 Å². The van der Waals surface area contributed by atoms with E-state index in [0.29, 0.717) is 29.3 Å². The van der Waals surface area contributed by atoms with Crippen LogP contribution in [0.15, 0.2) is 36.4 Å². The first-order chi connectivity index (χ1) is 12.3. The highest BCUT2D eigenvalue weighted by Gasteiger charge is 2.16. The molecule has 138 valence electrons. The summed E-state index contributed by atoms with van der Waals surface area (Å²) in [7, 11) is 4.82. The van der Waals surface area contributed by atoms with Gasteiger partial charge in [0.1, 0.15) is 0 Å². The number of methoxy groups -OCH3 is 2. The van der Waals surface area contributed by atoms with Gasteiger partial charge in [-0.15, -0.1) is 0 Å². The van der Waals surface area contributed by atoms with Crippen LogP contribution in [0, 0.1) is 3.57 Å². The zero-order valence-corrected chi connectivity index (χ0v) is 17.3. The molecule has 6 nitrogen and oxygen atoms in total. The Kier molecular flexibility index (Phi) is 6.84. The molecule has 2 aromatic rings. The summed E-state index contributed by atoms with van der Waals surface area (Å²) >= 11 is 2.09. The van der Waals surface area contributed by atoms with Gasteiger partial charge in [0.2, 0.25) is 5.91 Å². The molecule has 1 N–H and O–H groups in total. The molecule has 0 spiro atoms. The Morgan fingerprint density at radius 3 is 2.38 bits per heavy atom. The lowest BCUT2D eigenvalue weighted by Gasteiger charge is -2.16. The van der Waals surface area contributed by atoms with Crippen molar-refractivity contribution in [3.63, 3.8) is 0 Å². The third kappa shape index (κ3) is 4.87. The van der Waals surface area contributed by atoms with Gasteiger partial charge in [0.25, 0.3) is 5.91 Å². The number of ether oxygens (including phenoxy) is 2. The Hall–Kier alpha value is -2.29. The number of nitrogens with one attached hydrogen (secondary N) is 1. The van der Waals surface area contributed by atoms with Crippen molar-refractivity contribution in [2.75, 3.05) is 26.6 Å². The van der Waals surface area contributed by atoms with Crippen LogP contribution in [0.4, 0.5) is 5.69 Å². The predicted molar refractivity (Wildman–Crippen MR) is 109 cm³/mol. The Bertz CT molecular complexity index is 823. The van der Waals surface area contributed by atoms with E-state index in [-0.39, 0.29) is 11.8 Å². The number of anilines is 1. The zero-order chi connectivity index (χ0) is 19.3. The van der Waals surface area contributed by atoms with E-state index in [1.165, 1.54) is 14.0 Å². The molecule has 0 fully saturated rings. The molecule has 2 amide bonds. The van der Waals surface area contributed by atoms with Crippen LogP contribution in [0.25, 0.3) is 0 Å². The van der Waals surface area contributed by atoms with Crippen molar-refractivity contribution in [3.05, 3.63) is 51.1 Å². The summed E-state index contributed by atoms with van der Waals surface area (Å²) in [6, 6.07) is 10.8. The molecule has 0 aliphatic heterocycles. The van der Waals surface area contributed by atoms with Gasteiger partial charge < -0.3 is 19.7 Å². The molecule has 0 heterocycles. The summed E-state index contributed by atoms with van der Waals surface area (Å²) in [6.07, 6.45) is 0. The first kappa shape index (κ1) is 20.0. The lowest BCUT2D eigenvalue weighted by molar-refractivity contribution is -0.128. The lowest BCUT2D eigenvalue weighted by atomic mass is 10.1. The number of rotatable bonds is 6. The second-order valence-corrected chi connectivity index (χ2v) is 6.88. The fraction of sp³-hybridized carbons (Fsp3) is 0.263. The van der Waals surface area contributed by atoms with Gasteiger partial charge in [0, 0.05) is 29.8 Å². The van der Waals surface area contributed by atoms with Gasteiger partial charge in [-0.05, 0) is 52.4 Å². The minimum Gasteiger partial charge on any atom is -0.493 e. The lowest BCUT2D eigenvalue weighted by Crippen LogP contribution is -2.23. The zero-order valence-electron chi connectivity index (χ0n) is 15.1. The number of benzene rings is 2. The molecule has 2 aromatic carbocycles. The Morgan fingerprint density at radius 2 is 1.77 bits per heavy atom. The second-order valence-electron chi connectivity index (χ2n) is 5.72. The molecular formula is C19H21IN2O4. The van der Waals surface area contributed by atoms with Crippen molar-refractivity contribution >= 4 is 40.1 Å². The van der Waals surface area contributed by atoms with E-state index in [1.807, 2.05) is 24.3 Å². The van der Waals surface area contributed by atoms with Gasteiger partial charge in [-0.3, -0.25) is 9.59 Å². The van der Waals surface area contributed by atoms with E-state index in [4.69, 9.17) is 9.47 Å². The van der Waals surface area contributed by atoms with Crippen molar-refractivity contribution in [2.45, 2.75) is 13.5 Å². The molecule has 2 rings (SSSR count). The molecule has 0 saturated carbocycles. The highest BCUT2D eigenvalue weighted by Crippen LogP contribution is 2.31. The smallest absolute Gasteiger partial charge is 0.256 e. The van der Waals surface area contributed by atoms with E-state index >= 15 is 0 Å². The molecular weight excluding hydrogens is 447 g/mol. The number of amides is 2. The van der Waals surface area contributed by atoms with Gasteiger partial charge in [0.15, 0.2) is 11.5 Å². The normalized spacial score (nSPS) is 10.2. The van der Waals surface area contributed by atoms with Gasteiger partial charge in [-0.1, -0.05) is 12.1 Å². The summed E-state index contributed by atoms with van der Waals surface area (Å²) < 4.78 is 11.3. The largest absolute Gasteiger partial charge is 0.493 e. The summed E-state index contributed by atoms with van der Waals surface area (Å²) in [4.78, 5) is 25.7. The van der Waals surface area contributed by atoms with Crippen LogP contribution in [0.3, 0.4) is 0 Å². The van der Waals surface area contributed by atoms with Gasteiger partial charge in [-0.2, -0.15) is 0 Å². The van der Waals surface area contributed by atoms with E-state index in [2.05, 4.69) is 27.9 Å². The number of halogens is 1. The fourth-order valence-electron chi connectivity index (χ4n) is 2.36. The Balaban J connectivity index is 2.21. The summed E-state index contributed by atoms with van der Waals surface area (Å²) in [6.45, 7) is 2.00. The van der Waals surface area contributed by atoms with Crippen molar-refractivity contribution in [1.29, 1.82) is 0 Å². The first-order valence-corrected chi connectivity index (χ1v) is 8.97. The SMILES string of the molecule is COc1cc(I)c(C(=O)Nc2cccc(CN(C)C(C)=O)c2)cc1OC. The number of nitrogens with zero attached hydrogens (tertiary/aromatic N) is 1. The van der Waals surface area contributed by atoms with Crippen LogP contribution in [0.2, 0.25) is 0 Å². The van der Waals surface area contributed by atoms with Crippen LogP contribution in [0.5, 0.6) is 11.5 Å². The van der Waals surface area contributed by atoms with Crippen molar-refractivity contribution in [1.82, 2.24) is 4.90 Å². The second kappa shape index (κ2) is 8.88. The maximum atomic E-state index is 12.7. The molecule has 0 saturated heterocycles. The average Bonchev–Trinajstić information content (AvgIpc) is 2.61. The Labute approximate surface area is 166 Å². The fourth-order valence-corrected chi connectivity index (χ4v) is 3.04. The molecule has 7 heteroatoms. The van der Waals surface area contributed by atoms with Crippen molar-refractivity contribution in [3.8, 4) is 11.5 Å². The van der Waals surface area contributed by atoms with Crippen LogP contribution in [0.1, 0.15) is 22.8 Å². The summed E-state index contributed by atoms with van der Waals surface area (Å²) in [5.41, 5.74) is 2.09. The van der Waals surface area contributed by atoms with Crippen molar-refractivity contribution < 1.29 is 19.1 Å². The maximum absolute atomic E-state index is 12.7. The summed E-state index contributed by atoms with van der Waals surface area (Å²) in [5, 5.41) is 2.89. The van der Waals surface area contributed by atoms with E-state index in [1.54, 1.807) is 31.2 Å². The first-order valence-electron chi connectivity index (χ1n) is 7.89. The average molecular weight is 468 g/mol. The quantitative estimate of drug-likeness (QED) is 0.659. The minimum atomic E-state index is -0.243. The molecule has 0 radical (unpaired) electrons. The standard InChI is InChI=1S/C19H21IN2O4/c1-12(23)22(2)11-13-6-5-7-14(8-13)21-19(24)15-9-17(25-3)18(26-4)10-16(15)20/h5-10H,11H2,1-4H3,(H,21,24). The molecule has 0 aromatic heterocycles. The molecule has 0 bridgehead atoms. The number of hydrogen-bond acceptors (Lipinski definition) is 4. The third-order valence-electron chi connectivity index (χ3n) is 3.86. The predicted octanol–water partition coefficient (Wildman–Crippen LogP) is 3.54. The molecule has 0 aliphatic carbocycles. The van der Waals surface area contributed by atoms with E-state index < -0.39 is 0 Å². The highest BCUT2D eigenvalue weighted by molar-refractivity contribution is 14.1. The number of carbonyl (C=O) groups excluding carboxylic acids is 2. The molecule has 0 aliphatic rings. The van der Waals surface area contributed by atoms with Crippen molar-refractivity contribution in [2.24, 2.45) is 0 Å². The summed E-state index contributed by atoms with van der Waals surface area (Å²) in [5.74, 6) is 0.810. The molecule has 0 unspecified atom stereocenters. The Morgan fingerprint density at radius 1 is 1.12 bits per heavy atom. The molecule has 26 heavy (non-hydrogen) atoms. The van der Waals surface area contributed by atoms with Crippen LogP contribution < -0.4 is 14.8 Å². The number of carbonyl (C=O) groups is 2. The third-order valence-corrected chi connectivity index (χ3v) is 4.75. The van der Waals surface area contributed by atoms with Crippen LogP contribution in [-0.2, 0) is 11.3 Å². The maximum Gasteiger partial charge on any atom is 0.256 e. The van der Waals surface area contributed by atoms with Gasteiger partial charge >= 0.3 is 0 Å². The van der Waals surface area contributed by atoms with E-state index in [9.17, 15) is 9.59 Å². The van der Waals surface area contributed by atoms with Gasteiger partial charge in [0.05, 0.1) is 19.8 Å². The minimum absolute atomic E-state index is 0.0145. The van der Waals surface area contributed by atoms with Gasteiger partial charge in [-0.25, -0.2) is 0 Å². The topological polar surface area (TPSA) is 67.9 Å². The number of hydrogen-bond donors (Lipinski definition) is 1. The molecule has 0 atom stereocenters. The highest BCUT2D eigenvalue weighted by atomic mass is 127. The van der Waals surface area contributed by atoms with Crippen LogP contribution in [-0.4, -0.2) is 38.0 Å². The van der Waals surface area contributed by atoms with Crippen LogP contribution >= 0.6 is 22.6 Å². The monoisotopic (exact) mass is 468 g/mol.